The maximum absolute atomic E-state index is 13.6. The number of amides is 3. The van der Waals surface area contributed by atoms with E-state index < -0.39 is 41.5 Å². The van der Waals surface area contributed by atoms with Crippen LogP contribution in [0, 0.1) is 5.92 Å². The van der Waals surface area contributed by atoms with Crippen LogP contribution in [-0.4, -0.2) is 42.8 Å². The van der Waals surface area contributed by atoms with Crippen LogP contribution >= 0.6 is 34.8 Å². The summed E-state index contributed by atoms with van der Waals surface area (Å²) in [6, 6.07) is 19.4. The zero-order valence-corrected chi connectivity index (χ0v) is 26.6. The van der Waals surface area contributed by atoms with E-state index in [1.165, 1.54) is 0 Å². The third-order valence-corrected chi connectivity index (χ3v) is 8.75. The molecule has 1 aliphatic heterocycles. The van der Waals surface area contributed by atoms with Crippen LogP contribution in [0.25, 0.3) is 0 Å². The molecule has 4 atom stereocenters. The van der Waals surface area contributed by atoms with Gasteiger partial charge in [-0.3, -0.25) is 9.59 Å². The van der Waals surface area contributed by atoms with E-state index >= 15 is 0 Å². The van der Waals surface area contributed by atoms with Crippen molar-refractivity contribution in [1.82, 2.24) is 16.0 Å². The lowest BCUT2D eigenvalue weighted by Gasteiger charge is -2.35. The average Bonchev–Trinajstić information content (AvgIpc) is 3.41. The molecular formula is C33H34Cl3N3O5. The molecule has 11 heteroatoms. The molecule has 0 aromatic heterocycles. The zero-order valence-electron chi connectivity index (χ0n) is 24.3. The summed E-state index contributed by atoms with van der Waals surface area (Å²) in [5, 5.41) is 9.28. The summed E-state index contributed by atoms with van der Waals surface area (Å²) < 4.78 is 6.07. The lowest BCUT2D eigenvalue weighted by molar-refractivity contribution is -0.127. The number of benzene rings is 3. The van der Waals surface area contributed by atoms with E-state index in [-0.39, 0.29) is 23.8 Å². The van der Waals surface area contributed by atoms with Crippen LogP contribution in [-0.2, 0) is 31.0 Å². The van der Waals surface area contributed by atoms with Gasteiger partial charge in [0.05, 0.1) is 16.1 Å². The minimum Gasteiger partial charge on any atom is -0.440 e. The van der Waals surface area contributed by atoms with Crippen molar-refractivity contribution in [1.29, 1.82) is 0 Å². The molecule has 1 unspecified atom stereocenters. The summed E-state index contributed by atoms with van der Waals surface area (Å²) >= 11 is 18.6. The fourth-order valence-corrected chi connectivity index (χ4v) is 5.81. The average molecular weight is 659 g/mol. The van der Waals surface area contributed by atoms with Crippen LogP contribution in [0.4, 0.5) is 4.79 Å². The first-order valence-corrected chi connectivity index (χ1v) is 15.4. The first-order valence-electron chi connectivity index (χ1n) is 14.2. The van der Waals surface area contributed by atoms with Gasteiger partial charge in [0, 0.05) is 29.3 Å². The molecule has 1 aliphatic rings. The van der Waals surface area contributed by atoms with Crippen molar-refractivity contribution in [2.75, 3.05) is 6.54 Å². The summed E-state index contributed by atoms with van der Waals surface area (Å²) in [5.41, 5.74) is 1.49. The van der Waals surface area contributed by atoms with Gasteiger partial charge in [0.15, 0.2) is 0 Å². The Kier molecular flexibility index (Phi) is 11.3. The Bertz CT molecular complexity index is 1500. The fraction of sp³-hybridized carbons (Fsp3) is 0.333. The molecule has 0 spiro atoms. The van der Waals surface area contributed by atoms with Crippen molar-refractivity contribution in [2.45, 2.75) is 56.7 Å². The molecule has 0 aliphatic carbocycles. The van der Waals surface area contributed by atoms with Crippen molar-refractivity contribution < 1.29 is 23.9 Å². The second kappa shape index (κ2) is 14.9. The molecule has 1 fully saturated rings. The number of hydrogen-bond acceptors (Lipinski definition) is 5. The largest absolute Gasteiger partial charge is 0.440 e. The Morgan fingerprint density at radius 3 is 2.39 bits per heavy atom. The van der Waals surface area contributed by atoms with E-state index in [0.29, 0.717) is 34.9 Å². The lowest BCUT2D eigenvalue weighted by atomic mass is 9.76. The van der Waals surface area contributed by atoms with Gasteiger partial charge in [-0.05, 0) is 53.8 Å². The predicted octanol–water partition coefficient (Wildman–Crippen LogP) is 6.21. The first-order chi connectivity index (χ1) is 21.0. The highest BCUT2D eigenvalue weighted by atomic mass is 35.5. The molecule has 3 N–H and O–H groups in total. The van der Waals surface area contributed by atoms with Gasteiger partial charge in [-0.2, -0.15) is 0 Å². The van der Waals surface area contributed by atoms with Crippen LogP contribution in [0.5, 0.6) is 0 Å². The normalized spacial score (nSPS) is 16.8. The smallest absolute Gasteiger partial charge is 0.408 e. The maximum Gasteiger partial charge on any atom is 0.408 e. The molecule has 3 amide bonds. The standard InChI is InChI=1S/C33H34Cl3N3O5/c1-33(2,23-9-6-10-24(34)18-23)29(21-7-4-3-5-8-21)44-32(43)39-28(16-20-11-12-26(35)27(36)15-20)31(42)38-25(19-40)17-22-13-14-37-30(22)41/h3-12,15,18-19,22,25,28-29H,13-14,16-17H2,1-2H3,(H,37,41)(H,38,42)(H,39,43)/t22-,25-,28-,29?/m0/s1. The van der Waals surface area contributed by atoms with Crippen molar-refractivity contribution in [3.63, 3.8) is 0 Å². The van der Waals surface area contributed by atoms with Crippen LogP contribution in [0.2, 0.25) is 15.1 Å². The number of carbonyl (C=O) groups is 4. The molecule has 1 heterocycles. The number of aldehydes is 1. The van der Waals surface area contributed by atoms with Gasteiger partial charge < -0.3 is 25.5 Å². The van der Waals surface area contributed by atoms with Crippen molar-refractivity contribution >= 4 is 59.0 Å². The van der Waals surface area contributed by atoms with Gasteiger partial charge in [0.25, 0.3) is 0 Å². The van der Waals surface area contributed by atoms with Crippen LogP contribution in [0.1, 0.15) is 49.5 Å². The Morgan fingerprint density at radius 1 is 1.00 bits per heavy atom. The van der Waals surface area contributed by atoms with E-state index in [9.17, 15) is 19.2 Å². The summed E-state index contributed by atoms with van der Waals surface area (Å²) in [7, 11) is 0. The number of rotatable bonds is 12. The second-order valence-corrected chi connectivity index (χ2v) is 12.6. The van der Waals surface area contributed by atoms with Gasteiger partial charge in [-0.15, -0.1) is 0 Å². The van der Waals surface area contributed by atoms with Gasteiger partial charge in [-0.1, -0.05) is 97.2 Å². The maximum atomic E-state index is 13.6. The molecule has 232 valence electrons. The van der Waals surface area contributed by atoms with E-state index in [1.807, 2.05) is 62.4 Å². The van der Waals surface area contributed by atoms with E-state index in [1.54, 1.807) is 24.3 Å². The number of hydrogen-bond donors (Lipinski definition) is 3. The number of alkyl carbamates (subject to hydrolysis) is 1. The molecule has 3 aromatic carbocycles. The number of halogens is 3. The molecular weight excluding hydrogens is 625 g/mol. The van der Waals surface area contributed by atoms with E-state index in [0.717, 1.165) is 11.1 Å². The third kappa shape index (κ3) is 8.52. The van der Waals surface area contributed by atoms with Crippen LogP contribution in [0.15, 0.2) is 72.8 Å². The number of carbonyl (C=O) groups excluding carboxylic acids is 4. The summed E-state index contributed by atoms with van der Waals surface area (Å²) in [4.78, 5) is 51.1. The highest BCUT2D eigenvalue weighted by molar-refractivity contribution is 6.42. The predicted molar refractivity (Wildman–Crippen MR) is 171 cm³/mol. The molecule has 0 bridgehead atoms. The Morgan fingerprint density at radius 2 is 1.75 bits per heavy atom. The molecule has 0 radical (unpaired) electrons. The summed E-state index contributed by atoms with van der Waals surface area (Å²) in [6.45, 7) is 4.40. The highest BCUT2D eigenvalue weighted by Crippen LogP contribution is 2.40. The zero-order chi connectivity index (χ0) is 31.9. The quantitative estimate of drug-likeness (QED) is 0.200. The second-order valence-electron chi connectivity index (χ2n) is 11.3. The Balaban J connectivity index is 1.58. The Hall–Kier alpha value is -3.59. The molecule has 3 aromatic rings. The summed E-state index contributed by atoms with van der Waals surface area (Å²) in [6.07, 6.45) is -0.265. The molecule has 8 nitrogen and oxygen atoms in total. The van der Waals surface area contributed by atoms with Gasteiger partial charge in [-0.25, -0.2) is 4.79 Å². The monoisotopic (exact) mass is 657 g/mol. The topological polar surface area (TPSA) is 114 Å². The van der Waals surface area contributed by atoms with Crippen molar-refractivity contribution in [3.05, 3.63) is 105 Å². The molecule has 1 saturated heterocycles. The van der Waals surface area contributed by atoms with Crippen molar-refractivity contribution in [3.8, 4) is 0 Å². The lowest BCUT2D eigenvalue weighted by Crippen LogP contribution is -2.52. The molecule has 4 rings (SSSR count). The third-order valence-electron chi connectivity index (χ3n) is 7.78. The summed E-state index contributed by atoms with van der Waals surface area (Å²) in [5.74, 6) is -1.17. The SMILES string of the molecule is CC(C)(c1cccc(Cl)c1)C(OC(=O)N[C@@H](Cc1ccc(Cl)c(Cl)c1)C(=O)N[C@H](C=O)C[C@@H]1CCNC1=O)c1ccccc1. The van der Waals surface area contributed by atoms with Crippen LogP contribution in [0.3, 0.4) is 0 Å². The van der Waals surface area contributed by atoms with Gasteiger partial charge in [0.1, 0.15) is 18.4 Å². The molecule has 44 heavy (non-hydrogen) atoms. The molecule has 0 saturated carbocycles. The minimum atomic E-state index is -1.15. The van der Waals surface area contributed by atoms with Crippen molar-refractivity contribution in [2.24, 2.45) is 5.92 Å². The first kappa shape index (κ1) is 33.3. The minimum absolute atomic E-state index is 0.0288. The number of nitrogens with one attached hydrogen (secondary N) is 3. The fourth-order valence-electron chi connectivity index (χ4n) is 5.30. The van der Waals surface area contributed by atoms with E-state index in [2.05, 4.69) is 16.0 Å². The number of ether oxygens (including phenoxy) is 1. The van der Waals surface area contributed by atoms with E-state index in [4.69, 9.17) is 39.5 Å². The van der Waals surface area contributed by atoms with Gasteiger partial charge in [0.2, 0.25) is 11.8 Å². The Labute approximate surface area is 271 Å². The van der Waals surface area contributed by atoms with Crippen LogP contribution < -0.4 is 16.0 Å². The van der Waals surface area contributed by atoms with Gasteiger partial charge >= 0.3 is 6.09 Å². The highest BCUT2D eigenvalue weighted by Gasteiger charge is 2.37.